The zero-order valence-corrected chi connectivity index (χ0v) is 9.57. The number of ether oxygens (including phenoxy) is 1. The minimum atomic E-state index is -0.448. The molecule has 0 spiro atoms. The van der Waals surface area contributed by atoms with Crippen molar-refractivity contribution >= 4 is 5.82 Å². The van der Waals surface area contributed by atoms with Crippen molar-refractivity contribution in [1.82, 2.24) is 9.97 Å². The molecule has 88 valence electrons. The lowest BCUT2D eigenvalue weighted by atomic mass is 10.1. The van der Waals surface area contributed by atoms with Crippen LogP contribution in [-0.4, -0.2) is 17.1 Å². The minimum absolute atomic E-state index is 0.180. The largest absolute Gasteiger partial charge is 0.494 e. The Labute approximate surface area is 98.3 Å². The maximum atomic E-state index is 14.0. The molecule has 0 radical (unpaired) electrons. The molecule has 1 aromatic heterocycles. The fourth-order valence-corrected chi connectivity index (χ4v) is 1.59. The maximum absolute atomic E-state index is 14.0. The highest BCUT2D eigenvalue weighted by atomic mass is 19.1. The fourth-order valence-electron chi connectivity index (χ4n) is 1.59. The topological polar surface area (TPSA) is 61.0 Å². The van der Waals surface area contributed by atoms with Gasteiger partial charge in [-0.25, -0.2) is 14.4 Å². The second-order valence-electron chi connectivity index (χ2n) is 3.55. The molecular formula is C12H12FN3O. The van der Waals surface area contributed by atoms with E-state index in [9.17, 15) is 4.39 Å². The molecule has 2 aromatic rings. The molecule has 1 aromatic carbocycles. The molecule has 0 atom stereocenters. The standard InChI is InChI=1S/C12H12FN3O/c1-7-11(15-6-16-12(7)14)8-4-3-5-9(17-2)10(8)13/h3-6H,1-2H3,(H2,14,15,16). The monoisotopic (exact) mass is 233 g/mol. The van der Waals surface area contributed by atoms with Crippen LogP contribution in [0.25, 0.3) is 11.3 Å². The van der Waals surface area contributed by atoms with E-state index >= 15 is 0 Å². The lowest BCUT2D eigenvalue weighted by Gasteiger charge is -2.09. The summed E-state index contributed by atoms with van der Waals surface area (Å²) in [5.41, 5.74) is 7.16. The zero-order valence-electron chi connectivity index (χ0n) is 9.57. The Morgan fingerprint density at radius 2 is 2.06 bits per heavy atom. The van der Waals surface area contributed by atoms with Crippen LogP contribution in [0.2, 0.25) is 0 Å². The normalized spacial score (nSPS) is 10.3. The highest BCUT2D eigenvalue weighted by Gasteiger charge is 2.14. The number of nitrogens with zero attached hydrogens (tertiary/aromatic N) is 2. The van der Waals surface area contributed by atoms with Gasteiger partial charge in [-0.05, 0) is 19.1 Å². The number of nitrogens with two attached hydrogens (primary N) is 1. The van der Waals surface area contributed by atoms with E-state index < -0.39 is 5.82 Å². The van der Waals surface area contributed by atoms with Crippen molar-refractivity contribution in [3.8, 4) is 17.0 Å². The van der Waals surface area contributed by atoms with Crippen molar-refractivity contribution in [2.24, 2.45) is 0 Å². The van der Waals surface area contributed by atoms with Crippen molar-refractivity contribution in [2.45, 2.75) is 6.92 Å². The molecule has 4 nitrogen and oxygen atoms in total. The molecule has 2 rings (SSSR count). The first-order valence-corrected chi connectivity index (χ1v) is 5.05. The molecule has 0 aliphatic heterocycles. The van der Waals surface area contributed by atoms with Crippen LogP contribution in [0.5, 0.6) is 5.75 Å². The number of anilines is 1. The molecule has 0 amide bonds. The summed E-state index contributed by atoms with van der Waals surface area (Å²) in [6.45, 7) is 1.75. The summed E-state index contributed by atoms with van der Waals surface area (Å²) in [5, 5.41) is 0. The smallest absolute Gasteiger partial charge is 0.174 e. The van der Waals surface area contributed by atoms with Crippen molar-refractivity contribution in [1.29, 1.82) is 0 Å². The third-order valence-electron chi connectivity index (χ3n) is 2.56. The van der Waals surface area contributed by atoms with E-state index in [-0.39, 0.29) is 5.75 Å². The van der Waals surface area contributed by atoms with E-state index in [1.165, 1.54) is 13.4 Å². The Balaban J connectivity index is 2.65. The van der Waals surface area contributed by atoms with Crippen LogP contribution in [0.4, 0.5) is 10.2 Å². The summed E-state index contributed by atoms with van der Waals surface area (Å²) in [7, 11) is 1.42. The lowest BCUT2D eigenvalue weighted by molar-refractivity contribution is 0.387. The summed E-state index contributed by atoms with van der Waals surface area (Å²) in [5.74, 6) is 0.0764. The molecule has 0 aliphatic rings. The molecule has 2 N–H and O–H groups in total. The number of hydrogen-bond acceptors (Lipinski definition) is 4. The van der Waals surface area contributed by atoms with Crippen LogP contribution in [0.15, 0.2) is 24.5 Å². The predicted molar refractivity (Wildman–Crippen MR) is 63.1 cm³/mol. The van der Waals surface area contributed by atoms with Crippen molar-refractivity contribution in [3.63, 3.8) is 0 Å². The van der Waals surface area contributed by atoms with E-state index in [2.05, 4.69) is 9.97 Å². The van der Waals surface area contributed by atoms with Crippen molar-refractivity contribution in [3.05, 3.63) is 35.9 Å². The molecular weight excluding hydrogens is 221 g/mol. The minimum Gasteiger partial charge on any atom is -0.494 e. The fraction of sp³-hybridized carbons (Fsp3) is 0.167. The lowest BCUT2D eigenvalue weighted by Crippen LogP contribution is -2.00. The summed E-state index contributed by atoms with van der Waals surface area (Å²) >= 11 is 0. The Bertz CT molecular complexity index is 557. The van der Waals surface area contributed by atoms with E-state index in [1.54, 1.807) is 25.1 Å². The number of rotatable bonds is 2. The summed E-state index contributed by atoms with van der Waals surface area (Å²) in [6.07, 6.45) is 1.32. The number of nitrogen functional groups attached to an aromatic ring is 1. The second-order valence-corrected chi connectivity index (χ2v) is 3.55. The van der Waals surface area contributed by atoms with Crippen LogP contribution >= 0.6 is 0 Å². The molecule has 0 aliphatic carbocycles. The first-order chi connectivity index (χ1) is 8.15. The van der Waals surface area contributed by atoms with Crippen LogP contribution in [0.1, 0.15) is 5.56 Å². The Hall–Kier alpha value is -2.17. The van der Waals surface area contributed by atoms with Crippen LogP contribution in [0, 0.1) is 12.7 Å². The Morgan fingerprint density at radius 3 is 2.76 bits per heavy atom. The van der Waals surface area contributed by atoms with Gasteiger partial charge in [-0.2, -0.15) is 0 Å². The van der Waals surface area contributed by atoms with Gasteiger partial charge in [-0.3, -0.25) is 0 Å². The second kappa shape index (κ2) is 4.37. The third-order valence-corrected chi connectivity index (χ3v) is 2.56. The van der Waals surface area contributed by atoms with Crippen molar-refractivity contribution in [2.75, 3.05) is 12.8 Å². The van der Waals surface area contributed by atoms with Crippen LogP contribution < -0.4 is 10.5 Å². The molecule has 0 unspecified atom stereocenters. The van der Waals surface area contributed by atoms with Crippen LogP contribution in [-0.2, 0) is 0 Å². The number of aromatic nitrogens is 2. The molecule has 5 heteroatoms. The number of methoxy groups -OCH3 is 1. The van der Waals surface area contributed by atoms with E-state index in [4.69, 9.17) is 10.5 Å². The van der Waals surface area contributed by atoms with Gasteiger partial charge in [0.2, 0.25) is 0 Å². The highest BCUT2D eigenvalue weighted by Crippen LogP contribution is 2.30. The molecule has 0 saturated carbocycles. The van der Waals surface area contributed by atoms with Gasteiger partial charge in [-0.15, -0.1) is 0 Å². The van der Waals surface area contributed by atoms with Gasteiger partial charge in [0.25, 0.3) is 0 Å². The molecule has 0 fully saturated rings. The first kappa shape index (κ1) is 11.3. The Kier molecular flexibility index (Phi) is 2.91. The Morgan fingerprint density at radius 1 is 1.29 bits per heavy atom. The van der Waals surface area contributed by atoms with Crippen LogP contribution in [0.3, 0.4) is 0 Å². The third kappa shape index (κ3) is 1.91. The molecule has 0 saturated heterocycles. The van der Waals surface area contributed by atoms with E-state index in [0.29, 0.717) is 22.6 Å². The van der Waals surface area contributed by atoms with Gasteiger partial charge in [-0.1, -0.05) is 6.07 Å². The van der Waals surface area contributed by atoms with E-state index in [0.717, 1.165) is 0 Å². The number of hydrogen-bond donors (Lipinski definition) is 1. The number of halogens is 1. The highest BCUT2D eigenvalue weighted by molar-refractivity contribution is 5.68. The maximum Gasteiger partial charge on any atom is 0.174 e. The summed E-state index contributed by atoms with van der Waals surface area (Å²) < 4.78 is 19.0. The summed E-state index contributed by atoms with van der Waals surface area (Å²) in [6, 6.07) is 4.89. The van der Waals surface area contributed by atoms with Crippen molar-refractivity contribution < 1.29 is 9.13 Å². The molecule has 0 bridgehead atoms. The SMILES string of the molecule is COc1cccc(-c2ncnc(N)c2C)c1F. The van der Waals surface area contributed by atoms with Gasteiger partial charge < -0.3 is 10.5 Å². The quantitative estimate of drug-likeness (QED) is 0.863. The van der Waals surface area contributed by atoms with Gasteiger partial charge in [0, 0.05) is 11.1 Å². The van der Waals surface area contributed by atoms with Gasteiger partial charge in [0.05, 0.1) is 12.8 Å². The molecule has 1 heterocycles. The van der Waals surface area contributed by atoms with Gasteiger partial charge >= 0.3 is 0 Å². The summed E-state index contributed by atoms with van der Waals surface area (Å²) in [4.78, 5) is 7.91. The average Bonchev–Trinajstić information content (AvgIpc) is 2.33. The van der Waals surface area contributed by atoms with Gasteiger partial charge in [0.15, 0.2) is 11.6 Å². The van der Waals surface area contributed by atoms with Gasteiger partial charge in [0.1, 0.15) is 12.1 Å². The first-order valence-electron chi connectivity index (χ1n) is 5.05. The van der Waals surface area contributed by atoms with E-state index in [1.807, 2.05) is 0 Å². The number of benzene rings is 1. The predicted octanol–water partition coefficient (Wildman–Crippen LogP) is 2.18. The average molecular weight is 233 g/mol. The molecule has 17 heavy (non-hydrogen) atoms. The zero-order chi connectivity index (χ0) is 12.4.